The second kappa shape index (κ2) is 9.72. The highest BCUT2D eigenvalue weighted by atomic mass is 16.5. The average molecular weight is 269 g/mol. The molecule has 0 spiro atoms. The van der Waals surface area contributed by atoms with E-state index in [2.05, 4.69) is 4.98 Å². The molecule has 0 saturated heterocycles. The van der Waals surface area contributed by atoms with Gasteiger partial charge in [-0.05, 0) is 12.5 Å². The first-order valence-electron chi connectivity index (χ1n) is 6.60. The van der Waals surface area contributed by atoms with Crippen LogP contribution in [0.25, 0.3) is 0 Å². The number of aliphatic hydroxyl groups excluding tert-OH is 1. The topological polar surface area (TPSA) is 60.8 Å². The van der Waals surface area contributed by atoms with Crippen molar-refractivity contribution in [2.45, 2.75) is 25.9 Å². The fourth-order valence-corrected chi connectivity index (χ4v) is 1.52. The summed E-state index contributed by atoms with van der Waals surface area (Å²) in [5.74, 6) is 0.693. The van der Waals surface area contributed by atoms with Crippen LogP contribution in [-0.2, 0) is 9.47 Å². The molecule has 1 aromatic heterocycles. The monoisotopic (exact) mass is 269 g/mol. The smallest absolute Gasteiger partial charge is 0.137 e. The van der Waals surface area contributed by atoms with Gasteiger partial charge in [-0.25, -0.2) is 0 Å². The highest BCUT2D eigenvalue weighted by Crippen LogP contribution is 2.20. The van der Waals surface area contributed by atoms with E-state index < -0.39 is 6.10 Å². The summed E-state index contributed by atoms with van der Waals surface area (Å²) in [6, 6.07) is 1.82. The van der Waals surface area contributed by atoms with Gasteiger partial charge in [0.05, 0.1) is 32.1 Å². The molecule has 1 N–H and O–H groups in total. The van der Waals surface area contributed by atoms with Crippen LogP contribution in [0.3, 0.4) is 0 Å². The van der Waals surface area contributed by atoms with E-state index in [-0.39, 0.29) is 0 Å². The summed E-state index contributed by atoms with van der Waals surface area (Å²) in [6.45, 7) is 4.30. The summed E-state index contributed by atoms with van der Waals surface area (Å²) in [6.07, 6.45) is 4.20. The summed E-state index contributed by atoms with van der Waals surface area (Å²) < 4.78 is 15.7. The Bertz CT molecular complexity index is 346. The summed E-state index contributed by atoms with van der Waals surface area (Å²) >= 11 is 0. The maximum absolute atomic E-state index is 10.0. The van der Waals surface area contributed by atoms with Gasteiger partial charge in [-0.1, -0.05) is 6.92 Å². The molecule has 5 nitrogen and oxygen atoms in total. The summed E-state index contributed by atoms with van der Waals surface area (Å²) in [7, 11) is 1.63. The molecular formula is C14H23NO4. The van der Waals surface area contributed by atoms with Gasteiger partial charge < -0.3 is 19.3 Å². The van der Waals surface area contributed by atoms with Crippen molar-refractivity contribution < 1.29 is 19.3 Å². The largest absolute Gasteiger partial charge is 0.492 e. The Morgan fingerprint density at radius 3 is 2.79 bits per heavy atom. The second-order valence-electron chi connectivity index (χ2n) is 4.21. The van der Waals surface area contributed by atoms with E-state index >= 15 is 0 Å². The Kier molecular flexibility index (Phi) is 8.13. The Labute approximate surface area is 114 Å². The van der Waals surface area contributed by atoms with E-state index in [4.69, 9.17) is 14.2 Å². The molecule has 0 aliphatic heterocycles. The number of aliphatic hydroxyl groups is 1. The molecule has 0 aliphatic carbocycles. The van der Waals surface area contributed by atoms with E-state index in [0.29, 0.717) is 38.6 Å². The van der Waals surface area contributed by atoms with Crippen molar-refractivity contribution in [1.82, 2.24) is 4.98 Å². The van der Waals surface area contributed by atoms with Gasteiger partial charge in [0.15, 0.2) is 0 Å². The molecule has 108 valence electrons. The van der Waals surface area contributed by atoms with Gasteiger partial charge >= 0.3 is 0 Å². The SMILES string of the molecule is CCCOc1cncc(C(O)CCOCCOC)c1. The van der Waals surface area contributed by atoms with Crippen LogP contribution in [0, 0.1) is 0 Å². The van der Waals surface area contributed by atoms with Crippen molar-refractivity contribution in [3.63, 3.8) is 0 Å². The predicted molar refractivity (Wildman–Crippen MR) is 72.3 cm³/mol. The lowest BCUT2D eigenvalue weighted by molar-refractivity contribution is 0.0474. The van der Waals surface area contributed by atoms with Crippen LogP contribution in [0.2, 0.25) is 0 Å². The van der Waals surface area contributed by atoms with Crippen molar-refractivity contribution in [2.24, 2.45) is 0 Å². The lowest BCUT2D eigenvalue weighted by atomic mass is 10.1. The minimum atomic E-state index is -0.583. The third kappa shape index (κ3) is 6.52. The van der Waals surface area contributed by atoms with E-state index in [1.807, 2.05) is 13.0 Å². The second-order valence-corrected chi connectivity index (χ2v) is 4.21. The normalized spacial score (nSPS) is 12.4. The summed E-state index contributed by atoms with van der Waals surface area (Å²) in [4.78, 5) is 4.07. The van der Waals surface area contributed by atoms with Gasteiger partial charge in [0.2, 0.25) is 0 Å². The highest BCUT2D eigenvalue weighted by molar-refractivity contribution is 5.25. The Morgan fingerprint density at radius 1 is 1.21 bits per heavy atom. The number of methoxy groups -OCH3 is 1. The molecule has 1 rings (SSSR count). The molecule has 19 heavy (non-hydrogen) atoms. The van der Waals surface area contributed by atoms with Crippen molar-refractivity contribution in [1.29, 1.82) is 0 Å². The number of hydrogen-bond donors (Lipinski definition) is 1. The first-order chi connectivity index (χ1) is 9.27. The highest BCUT2D eigenvalue weighted by Gasteiger charge is 2.09. The molecule has 0 bridgehead atoms. The molecule has 1 heterocycles. The number of pyridine rings is 1. The van der Waals surface area contributed by atoms with Crippen LogP contribution in [0.4, 0.5) is 0 Å². The quantitative estimate of drug-likeness (QED) is 0.658. The minimum Gasteiger partial charge on any atom is -0.492 e. The third-order valence-corrected chi connectivity index (χ3v) is 2.56. The van der Waals surface area contributed by atoms with E-state index in [1.165, 1.54) is 0 Å². The fourth-order valence-electron chi connectivity index (χ4n) is 1.52. The van der Waals surface area contributed by atoms with Gasteiger partial charge in [-0.3, -0.25) is 4.98 Å². The number of nitrogens with zero attached hydrogens (tertiary/aromatic N) is 1. The molecule has 1 aromatic rings. The first-order valence-corrected chi connectivity index (χ1v) is 6.60. The minimum absolute atomic E-state index is 0.491. The van der Waals surface area contributed by atoms with Crippen LogP contribution >= 0.6 is 0 Å². The van der Waals surface area contributed by atoms with Crippen LogP contribution < -0.4 is 4.74 Å². The molecule has 1 atom stereocenters. The number of aromatic nitrogens is 1. The van der Waals surface area contributed by atoms with Crippen LogP contribution in [-0.4, -0.2) is 43.6 Å². The van der Waals surface area contributed by atoms with Crippen LogP contribution in [0.1, 0.15) is 31.4 Å². The molecule has 0 saturated carbocycles. The molecule has 0 aromatic carbocycles. The van der Waals surface area contributed by atoms with Gasteiger partial charge in [0, 0.05) is 31.9 Å². The van der Waals surface area contributed by atoms with E-state index in [9.17, 15) is 5.11 Å². The van der Waals surface area contributed by atoms with Crippen molar-refractivity contribution in [2.75, 3.05) is 33.5 Å². The van der Waals surface area contributed by atoms with Gasteiger partial charge in [-0.15, -0.1) is 0 Å². The Hall–Kier alpha value is -1.17. The first kappa shape index (κ1) is 15.9. The zero-order chi connectivity index (χ0) is 13.9. The van der Waals surface area contributed by atoms with E-state index in [0.717, 1.165) is 12.0 Å². The van der Waals surface area contributed by atoms with Gasteiger partial charge in [0.1, 0.15) is 5.75 Å². The lowest BCUT2D eigenvalue weighted by Gasteiger charge is -2.12. The predicted octanol–water partition coefficient (Wildman–Crippen LogP) is 1.96. The number of hydrogen-bond acceptors (Lipinski definition) is 5. The summed E-state index contributed by atoms with van der Waals surface area (Å²) in [5, 5.41) is 10.0. The molecule has 5 heteroatoms. The third-order valence-electron chi connectivity index (χ3n) is 2.56. The molecule has 0 fully saturated rings. The zero-order valence-corrected chi connectivity index (χ0v) is 11.7. The standard InChI is InChI=1S/C14H23NO4/c1-3-5-19-13-9-12(10-15-11-13)14(16)4-6-18-8-7-17-2/h9-11,14,16H,3-8H2,1-2H3. The lowest BCUT2D eigenvalue weighted by Crippen LogP contribution is -2.07. The number of rotatable bonds is 10. The molecule has 0 radical (unpaired) electrons. The Balaban J connectivity index is 2.36. The van der Waals surface area contributed by atoms with Gasteiger partial charge in [0.25, 0.3) is 0 Å². The molecular weight excluding hydrogens is 246 g/mol. The van der Waals surface area contributed by atoms with Crippen molar-refractivity contribution >= 4 is 0 Å². The molecule has 1 unspecified atom stereocenters. The zero-order valence-electron chi connectivity index (χ0n) is 11.7. The molecule has 0 aliphatic rings. The summed E-state index contributed by atoms with van der Waals surface area (Å²) in [5.41, 5.74) is 0.754. The maximum Gasteiger partial charge on any atom is 0.137 e. The molecule has 0 amide bonds. The van der Waals surface area contributed by atoms with E-state index in [1.54, 1.807) is 19.5 Å². The van der Waals surface area contributed by atoms with Crippen molar-refractivity contribution in [3.05, 3.63) is 24.0 Å². The Morgan fingerprint density at radius 2 is 2.05 bits per heavy atom. The van der Waals surface area contributed by atoms with Gasteiger partial charge in [-0.2, -0.15) is 0 Å². The maximum atomic E-state index is 10.0. The fraction of sp³-hybridized carbons (Fsp3) is 0.643. The van der Waals surface area contributed by atoms with Crippen LogP contribution in [0.15, 0.2) is 18.5 Å². The van der Waals surface area contributed by atoms with Crippen molar-refractivity contribution in [3.8, 4) is 5.75 Å². The average Bonchev–Trinajstić information content (AvgIpc) is 2.45. The number of ether oxygens (including phenoxy) is 3. The van der Waals surface area contributed by atoms with Crippen LogP contribution in [0.5, 0.6) is 5.75 Å².